The number of urea groups is 1. The van der Waals surface area contributed by atoms with Gasteiger partial charge in [0.1, 0.15) is 12.4 Å². The average molecular weight is 368 g/mol. The highest BCUT2D eigenvalue weighted by molar-refractivity contribution is 6.32. The Balaban J connectivity index is 1.33. The fourth-order valence-corrected chi connectivity index (χ4v) is 3.16. The fourth-order valence-electron chi connectivity index (χ4n) is 2.97. The lowest BCUT2D eigenvalue weighted by molar-refractivity contribution is -0.0979. The van der Waals surface area contributed by atoms with Gasteiger partial charge in [-0.2, -0.15) is 0 Å². The third-order valence-electron chi connectivity index (χ3n) is 4.73. The zero-order chi connectivity index (χ0) is 17.7. The number of benzene rings is 1. The molecule has 0 spiro atoms. The van der Waals surface area contributed by atoms with E-state index in [2.05, 4.69) is 17.1 Å². The average Bonchev–Trinajstić information content (AvgIpc) is 2.60. The van der Waals surface area contributed by atoms with Crippen LogP contribution in [0.2, 0.25) is 5.02 Å². The van der Waals surface area contributed by atoms with E-state index in [9.17, 15) is 4.79 Å². The molecule has 0 atom stereocenters. The summed E-state index contributed by atoms with van der Waals surface area (Å²) in [5, 5.41) is 3.66. The second kappa shape index (κ2) is 8.25. The standard InChI is InChI=1S/C18H26ClN3O3/c1-18(13-24-14-18)12-20-17(23)22-8-6-21(7-9-22)10-11-25-16-5-3-2-4-15(16)19/h2-5H,6-14H2,1H3,(H,20,23). The SMILES string of the molecule is CC1(CNC(=O)N2CCN(CCOc3ccccc3Cl)CC2)COC1. The predicted molar refractivity (Wildman–Crippen MR) is 97.3 cm³/mol. The van der Waals surface area contributed by atoms with Gasteiger partial charge < -0.3 is 19.7 Å². The van der Waals surface area contributed by atoms with E-state index >= 15 is 0 Å². The first-order chi connectivity index (χ1) is 12.1. The summed E-state index contributed by atoms with van der Waals surface area (Å²) in [5.41, 5.74) is 0.105. The largest absolute Gasteiger partial charge is 0.491 e. The van der Waals surface area contributed by atoms with Gasteiger partial charge in [-0.3, -0.25) is 4.90 Å². The first-order valence-electron chi connectivity index (χ1n) is 8.76. The molecule has 0 aromatic heterocycles. The summed E-state index contributed by atoms with van der Waals surface area (Å²) in [7, 11) is 0. The van der Waals surface area contributed by atoms with Gasteiger partial charge in [0.05, 0.1) is 18.2 Å². The van der Waals surface area contributed by atoms with Crippen molar-refractivity contribution in [1.29, 1.82) is 0 Å². The molecular formula is C18H26ClN3O3. The first kappa shape index (κ1) is 18.3. The van der Waals surface area contributed by atoms with Crippen LogP contribution in [0.5, 0.6) is 5.75 Å². The topological polar surface area (TPSA) is 54.0 Å². The summed E-state index contributed by atoms with van der Waals surface area (Å²) in [4.78, 5) is 16.4. The van der Waals surface area contributed by atoms with Gasteiger partial charge in [0.15, 0.2) is 0 Å². The maximum Gasteiger partial charge on any atom is 0.317 e. The summed E-state index contributed by atoms with van der Waals surface area (Å²) >= 11 is 6.08. The van der Waals surface area contributed by atoms with Gasteiger partial charge >= 0.3 is 6.03 Å². The fraction of sp³-hybridized carbons (Fsp3) is 0.611. The lowest BCUT2D eigenvalue weighted by Gasteiger charge is -2.39. The minimum absolute atomic E-state index is 0.0279. The molecule has 2 heterocycles. The zero-order valence-corrected chi connectivity index (χ0v) is 15.4. The quantitative estimate of drug-likeness (QED) is 0.836. The highest BCUT2D eigenvalue weighted by Crippen LogP contribution is 2.25. The summed E-state index contributed by atoms with van der Waals surface area (Å²) in [6.07, 6.45) is 0. The molecule has 2 aliphatic heterocycles. The maximum absolute atomic E-state index is 12.2. The number of halogens is 1. The number of hydrogen-bond donors (Lipinski definition) is 1. The van der Waals surface area contributed by atoms with E-state index in [1.54, 1.807) is 0 Å². The van der Waals surface area contributed by atoms with Gasteiger partial charge in [-0.1, -0.05) is 30.7 Å². The summed E-state index contributed by atoms with van der Waals surface area (Å²) in [6, 6.07) is 7.52. The second-order valence-electron chi connectivity index (χ2n) is 7.07. The summed E-state index contributed by atoms with van der Waals surface area (Å²) in [6.45, 7) is 8.89. The highest BCUT2D eigenvalue weighted by atomic mass is 35.5. The normalized spacial score (nSPS) is 20.0. The monoisotopic (exact) mass is 367 g/mol. The first-order valence-corrected chi connectivity index (χ1v) is 9.14. The summed E-state index contributed by atoms with van der Waals surface area (Å²) in [5.74, 6) is 0.718. The molecule has 2 amide bonds. The molecule has 138 valence electrons. The molecule has 1 N–H and O–H groups in total. The number of carbonyl (C=O) groups is 1. The third kappa shape index (κ3) is 5.00. The number of nitrogens with one attached hydrogen (secondary N) is 1. The molecule has 0 unspecified atom stereocenters. The third-order valence-corrected chi connectivity index (χ3v) is 5.04. The molecule has 0 radical (unpaired) electrons. The number of rotatable bonds is 6. The molecule has 0 aliphatic carbocycles. The lowest BCUT2D eigenvalue weighted by atomic mass is 9.89. The molecule has 2 aliphatic rings. The van der Waals surface area contributed by atoms with Crippen molar-refractivity contribution >= 4 is 17.6 Å². The summed E-state index contributed by atoms with van der Waals surface area (Å²) < 4.78 is 10.9. The molecule has 1 aromatic carbocycles. The number of amides is 2. The van der Waals surface area contributed by atoms with Crippen LogP contribution in [0.25, 0.3) is 0 Å². The molecule has 3 rings (SSSR count). The van der Waals surface area contributed by atoms with E-state index in [1.807, 2.05) is 29.2 Å². The second-order valence-corrected chi connectivity index (χ2v) is 7.48. The van der Waals surface area contributed by atoms with E-state index < -0.39 is 0 Å². The number of ether oxygens (including phenoxy) is 2. The molecule has 6 nitrogen and oxygen atoms in total. The van der Waals surface area contributed by atoms with Crippen molar-refractivity contribution in [3.63, 3.8) is 0 Å². The Morgan fingerprint density at radius 2 is 2.00 bits per heavy atom. The Kier molecular flexibility index (Phi) is 6.04. The van der Waals surface area contributed by atoms with E-state index in [0.717, 1.165) is 51.7 Å². The highest BCUT2D eigenvalue weighted by Gasteiger charge is 2.34. The molecule has 1 aromatic rings. The number of para-hydroxylation sites is 1. The van der Waals surface area contributed by atoms with Crippen molar-refractivity contribution in [2.24, 2.45) is 5.41 Å². The Labute approximate surface area is 154 Å². The van der Waals surface area contributed by atoms with Crippen LogP contribution in [-0.4, -0.2) is 74.9 Å². The van der Waals surface area contributed by atoms with Gasteiger partial charge in [-0.15, -0.1) is 0 Å². The number of hydrogen-bond acceptors (Lipinski definition) is 4. The van der Waals surface area contributed by atoms with Crippen LogP contribution in [0, 0.1) is 5.41 Å². The lowest BCUT2D eigenvalue weighted by Crippen LogP contribution is -2.55. The van der Waals surface area contributed by atoms with Crippen molar-refractivity contribution in [3.8, 4) is 5.75 Å². The van der Waals surface area contributed by atoms with Crippen molar-refractivity contribution in [1.82, 2.24) is 15.1 Å². The van der Waals surface area contributed by atoms with Crippen LogP contribution in [0.15, 0.2) is 24.3 Å². The number of carbonyl (C=O) groups excluding carboxylic acids is 1. The Bertz CT molecular complexity index is 587. The van der Waals surface area contributed by atoms with Crippen LogP contribution in [-0.2, 0) is 4.74 Å². The van der Waals surface area contributed by atoms with Gasteiger partial charge in [0, 0.05) is 44.7 Å². The van der Waals surface area contributed by atoms with E-state index in [-0.39, 0.29) is 11.4 Å². The van der Waals surface area contributed by atoms with E-state index in [1.165, 1.54) is 0 Å². The van der Waals surface area contributed by atoms with Gasteiger partial charge in [-0.05, 0) is 12.1 Å². The van der Waals surface area contributed by atoms with Crippen LogP contribution in [0.4, 0.5) is 4.79 Å². The van der Waals surface area contributed by atoms with Crippen LogP contribution < -0.4 is 10.1 Å². The van der Waals surface area contributed by atoms with Crippen molar-refractivity contribution in [2.75, 3.05) is 59.1 Å². The van der Waals surface area contributed by atoms with Crippen LogP contribution in [0.1, 0.15) is 6.92 Å². The molecule has 2 fully saturated rings. The minimum Gasteiger partial charge on any atom is -0.491 e. The molecule has 25 heavy (non-hydrogen) atoms. The Morgan fingerprint density at radius 1 is 1.28 bits per heavy atom. The predicted octanol–water partition coefficient (Wildman–Crippen LogP) is 2.08. The smallest absolute Gasteiger partial charge is 0.317 e. The molecule has 7 heteroatoms. The minimum atomic E-state index is 0.0279. The van der Waals surface area contributed by atoms with E-state index in [4.69, 9.17) is 21.1 Å². The van der Waals surface area contributed by atoms with Crippen molar-refractivity contribution < 1.29 is 14.3 Å². The van der Waals surface area contributed by atoms with Gasteiger partial charge in [-0.25, -0.2) is 4.79 Å². The number of piperazine rings is 1. The maximum atomic E-state index is 12.2. The molecular weight excluding hydrogens is 342 g/mol. The Hall–Kier alpha value is -1.50. The zero-order valence-electron chi connectivity index (χ0n) is 14.7. The van der Waals surface area contributed by atoms with Crippen LogP contribution in [0.3, 0.4) is 0 Å². The molecule has 0 saturated carbocycles. The number of nitrogens with zero attached hydrogens (tertiary/aromatic N) is 2. The van der Waals surface area contributed by atoms with Gasteiger partial charge in [0.25, 0.3) is 0 Å². The molecule has 0 bridgehead atoms. The Morgan fingerprint density at radius 3 is 2.64 bits per heavy atom. The van der Waals surface area contributed by atoms with Crippen LogP contribution >= 0.6 is 11.6 Å². The molecule has 2 saturated heterocycles. The van der Waals surface area contributed by atoms with Crippen molar-refractivity contribution in [3.05, 3.63) is 29.3 Å². The van der Waals surface area contributed by atoms with Crippen molar-refractivity contribution in [2.45, 2.75) is 6.92 Å². The van der Waals surface area contributed by atoms with E-state index in [0.29, 0.717) is 18.2 Å². The van der Waals surface area contributed by atoms with Gasteiger partial charge in [0.2, 0.25) is 0 Å².